The summed E-state index contributed by atoms with van der Waals surface area (Å²) in [4.78, 5) is 24.8. The maximum atomic E-state index is 14.0. The summed E-state index contributed by atoms with van der Waals surface area (Å²) in [6, 6.07) is 8.78. The van der Waals surface area contributed by atoms with Crippen LogP contribution in [0, 0.1) is 5.82 Å². The van der Waals surface area contributed by atoms with E-state index in [-0.39, 0.29) is 17.8 Å². The molecule has 134 valence electrons. The van der Waals surface area contributed by atoms with E-state index >= 15 is 0 Å². The van der Waals surface area contributed by atoms with Gasteiger partial charge in [0.25, 0.3) is 0 Å². The largest absolute Gasteiger partial charge is 0.481 e. The summed E-state index contributed by atoms with van der Waals surface area (Å²) in [5, 5.41) is 9.19. The maximum absolute atomic E-state index is 14.0. The molecule has 0 radical (unpaired) electrons. The van der Waals surface area contributed by atoms with E-state index in [9.17, 15) is 23.3 Å². The van der Waals surface area contributed by atoms with Crippen molar-refractivity contribution in [3.63, 3.8) is 0 Å². The van der Waals surface area contributed by atoms with Gasteiger partial charge in [0.05, 0.1) is 6.42 Å². The van der Waals surface area contributed by atoms with Gasteiger partial charge in [-0.25, -0.2) is 4.39 Å². The van der Waals surface area contributed by atoms with Gasteiger partial charge in [-0.3, -0.25) is 13.8 Å². The van der Waals surface area contributed by atoms with E-state index in [1.807, 2.05) is 0 Å². The van der Waals surface area contributed by atoms with Crippen molar-refractivity contribution in [1.82, 2.24) is 0 Å². The minimum Gasteiger partial charge on any atom is -0.481 e. The highest BCUT2D eigenvalue weighted by molar-refractivity contribution is 7.84. The second-order valence-corrected chi connectivity index (χ2v) is 7.68. The number of carboxylic acids is 1. The van der Waals surface area contributed by atoms with Crippen molar-refractivity contribution in [3.8, 4) is 0 Å². The molecule has 6 heteroatoms. The van der Waals surface area contributed by atoms with Crippen molar-refractivity contribution in [2.45, 2.75) is 24.2 Å². The van der Waals surface area contributed by atoms with Crippen LogP contribution in [0.3, 0.4) is 0 Å². The Morgan fingerprint density at radius 2 is 1.85 bits per heavy atom. The van der Waals surface area contributed by atoms with Crippen LogP contribution >= 0.6 is 0 Å². The number of carboxylic acid groups (broad SMARTS) is 1. The first kappa shape index (κ1) is 18.2. The van der Waals surface area contributed by atoms with E-state index in [0.29, 0.717) is 21.6 Å². The highest BCUT2D eigenvalue weighted by Crippen LogP contribution is 2.41. The van der Waals surface area contributed by atoms with Gasteiger partial charge in [-0.2, -0.15) is 0 Å². The summed E-state index contributed by atoms with van der Waals surface area (Å²) in [6.45, 7) is 1.78. The predicted molar refractivity (Wildman–Crippen MR) is 97.3 cm³/mol. The van der Waals surface area contributed by atoms with E-state index in [0.717, 1.165) is 11.6 Å². The van der Waals surface area contributed by atoms with Crippen molar-refractivity contribution in [1.29, 1.82) is 0 Å². The van der Waals surface area contributed by atoms with Gasteiger partial charge in [0.2, 0.25) is 0 Å². The van der Waals surface area contributed by atoms with Gasteiger partial charge in [0.15, 0.2) is 5.78 Å². The fourth-order valence-corrected chi connectivity index (χ4v) is 3.82. The molecule has 26 heavy (non-hydrogen) atoms. The number of fused-ring (bicyclic) bond motifs is 1. The number of carbonyl (C=O) groups is 2. The molecule has 2 aromatic rings. The first-order valence-electron chi connectivity index (χ1n) is 7.99. The van der Waals surface area contributed by atoms with Gasteiger partial charge in [0, 0.05) is 39.0 Å². The van der Waals surface area contributed by atoms with Crippen LogP contribution in [-0.2, 0) is 15.6 Å². The number of aliphatic carboxylic acids is 1. The van der Waals surface area contributed by atoms with Crippen LogP contribution in [0.5, 0.6) is 0 Å². The Balaban J connectivity index is 2.07. The lowest BCUT2D eigenvalue weighted by Gasteiger charge is -2.16. The number of hydrogen-bond acceptors (Lipinski definition) is 3. The number of rotatable bonds is 5. The Labute approximate surface area is 152 Å². The van der Waals surface area contributed by atoms with Crippen molar-refractivity contribution in [3.05, 3.63) is 70.0 Å². The van der Waals surface area contributed by atoms with Crippen molar-refractivity contribution >= 4 is 28.6 Å². The fraction of sp³-hybridized carbons (Fsp3) is 0.200. The number of hydrogen-bond donors (Lipinski definition) is 1. The van der Waals surface area contributed by atoms with Crippen LogP contribution in [-0.4, -0.2) is 27.3 Å². The molecular weight excluding hydrogens is 355 g/mol. The molecule has 4 nitrogen and oxygen atoms in total. The minimum absolute atomic E-state index is 0.158. The van der Waals surface area contributed by atoms with Crippen LogP contribution in [0.15, 0.2) is 46.9 Å². The third kappa shape index (κ3) is 3.37. The third-order valence-electron chi connectivity index (χ3n) is 4.53. The summed E-state index contributed by atoms with van der Waals surface area (Å²) >= 11 is 0. The van der Waals surface area contributed by atoms with E-state index in [1.54, 1.807) is 43.5 Å². The first-order valence-corrected chi connectivity index (χ1v) is 9.55. The second-order valence-electron chi connectivity index (χ2n) is 6.30. The molecule has 2 atom stereocenters. The molecule has 0 amide bonds. The summed E-state index contributed by atoms with van der Waals surface area (Å²) < 4.78 is 25.5. The Morgan fingerprint density at radius 3 is 2.42 bits per heavy atom. The lowest BCUT2D eigenvalue weighted by atomic mass is 9.86. The highest BCUT2D eigenvalue weighted by atomic mass is 32.2. The monoisotopic (exact) mass is 372 g/mol. The van der Waals surface area contributed by atoms with Gasteiger partial charge in [-0.05, 0) is 54.4 Å². The van der Waals surface area contributed by atoms with Gasteiger partial charge in [0.1, 0.15) is 5.82 Å². The van der Waals surface area contributed by atoms with E-state index in [1.165, 1.54) is 6.07 Å². The lowest BCUT2D eigenvalue weighted by molar-refractivity contribution is -0.137. The number of allylic oxidation sites excluding steroid dienone is 1. The summed E-state index contributed by atoms with van der Waals surface area (Å²) in [6.07, 6.45) is 3.11. The fourth-order valence-electron chi connectivity index (χ4n) is 3.30. The van der Waals surface area contributed by atoms with E-state index in [4.69, 9.17) is 0 Å². The molecule has 0 aromatic heterocycles. The molecule has 0 saturated heterocycles. The smallest absolute Gasteiger partial charge is 0.304 e. The Morgan fingerprint density at radius 1 is 1.19 bits per heavy atom. The zero-order chi connectivity index (χ0) is 19.0. The lowest BCUT2D eigenvalue weighted by Crippen LogP contribution is -2.12. The summed E-state index contributed by atoms with van der Waals surface area (Å²) in [7, 11) is -1.16. The van der Waals surface area contributed by atoms with E-state index < -0.39 is 28.5 Å². The van der Waals surface area contributed by atoms with Gasteiger partial charge < -0.3 is 5.11 Å². The molecule has 1 N–H and O–H groups in total. The molecule has 2 unspecified atom stereocenters. The molecule has 0 saturated carbocycles. The minimum atomic E-state index is -1.16. The molecule has 2 aromatic carbocycles. The number of carbonyl (C=O) groups excluding carboxylic acids is 1. The Kier molecular flexibility index (Phi) is 4.87. The standard InChI is InChI=1S/C20H17FO4S/c1-11-7-13-8-14(21)9-17(19(13)16(11)10-18(22)23)20(24)12-3-5-15(6-4-12)26(2)25/h3-9,16H,10H2,1-2H3,(H,22,23). The molecule has 0 bridgehead atoms. The topological polar surface area (TPSA) is 71.4 Å². The average molecular weight is 372 g/mol. The number of halogens is 1. The van der Waals surface area contributed by atoms with Crippen LogP contribution in [0.4, 0.5) is 4.39 Å². The van der Waals surface area contributed by atoms with Crippen LogP contribution in [0.2, 0.25) is 0 Å². The Hall–Kier alpha value is -2.60. The van der Waals surface area contributed by atoms with E-state index in [2.05, 4.69) is 0 Å². The molecule has 0 heterocycles. The summed E-state index contributed by atoms with van der Waals surface area (Å²) in [5.74, 6) is -2.36. The molecular formula is C20H17FO4S. The van der Waals surface area contributed by atoms with Gasteiger partial charge in [-0.1, -0.05) is 11.6 Å². The quantitative estimate of drug-likeness (QED) is 0.811. The van der Waals surface area contributed by atoms with Crippen molar-refractivity contribution < 1.29 is 23.3 Å². The highest BCUT2D eigenvalue weighted by Gasteiger charge is 2.30. The average Bonchev–Trinajstić information content (AvgIpc) is 2.88. The predicted octanol–water partition coefficient (Wildman–Crippen LogP) is 3.77. The zero-order valence-corrected chi connectivity index (χ0v) is 15.1. The van der Waals surface area contributed by atoms with Crippen molar-refractivity contribution in [2.75, 3.05) is 6.26 Å². The van der Waals surface area contributed by atoms with Crippen LogP contribution in [0.25, 0.3) is 6.08 Å². The Bertz CT molecular complexity index is 961. The maximum Gasteiger partial charge on any atom is 0.304 e. The molecule has 1 aliphatic rings. The second kappa shape index (κ2) is 6.96. The zero-order valence-electron chi connectivity index (χ0n) is 14.3. The molecule has 1 aliphatic carbocycles. The molecule has 0 aliphatic heterocycles. The third-order valence-corrected chi connectivity index (χ3v) is 5.47. The van der Waals surface area contributed by atoms with Crippen LogP contribution < -0.4 is 0 Å². The molecule has 0 fully saturated rings. The first-order chi connectivity index (χ1) is 12.3. The van der Waals surface area contributed by atoms with Crippen molar-refractivity contribution in [2.24, 2.45) is 0 Å². The number of ketones is 1. The van der Waals surface area contributed by atoms with Crippen LogP contribution in [0.1, 0.15) is 46.3 Å². The molecule has 0 spiro atoms. The number of benzene rings is 2. The molecule has 3 rings (SSSR count). The van der Waals surface area contributed by atoms with Gasteiger partial charge >= 0.3 is 5.97 Å². The summed E-state index contributed by atoms with van der Waals surface area (Å²) in [5.41, 5.74) is 2.40. The van der Waals surface area contributed by atoms with Gasteiger partial charge in [-0.15, -0.1) is 0 Å². The SMILES string of the molecule is CC1=Cc2cc(F)cc(C(=O)c3ccc(S(C)=O)cc3)c2C1CC(=O)O. The normalized spacial score (nSPS) is 16.7.